The molecule has 0 aliphatic rings. The highest BCUT2D eigenvalue weighted by Gasteiger charge is 2.07. The van der Waals surface area contributed by atoms with Crippen LogP contribution in [0, 0.1) is 6.92 Å². The highest BCUT2D eigenvalue weighted by molar-refractivity contribution is 5.45. The van der Waals surface area contributed by atoms with E-state index in [-0.39, 0.29) is 0 Å². The van der Waals surface area contributed by atoms with Crippen molar-refractivity contribution in [2.24, 2.45) is 0 Å². The topological polar surface area (TPSA) is 77.0 Å². The molecule has 0 spiro atoms. The number of rotatable bonds is 5. The first-order valence-corrected chi connectivity index (χ1v) is 6.03. The Morgan fingerprint density at radius 1 is 1.50 bits per heavy atom. The average Bonchev–Trinajstić information content (AvgIpc) is 2.84. The maximum atomic E-state index is 5.58. The first-order chi connectivity index (χ1) is 8.65. The molecule has 96 valence electrons. The van der Waals surface area contributed by atoms with E-state index in [1.807, 2.05) is 19.1 Å². The van der Waals surface area contributed by atoms with Crippen LogP contribution < -0.4 is 11.1 Å². The predicted octanol–water partition coefficient (Wildman–Crippen LogP) is 2.39. The fraction of sp³-hybridized carbons (Fsp3) is 0.385. The van der Waals surface area contributed by atoms with Crippen LogP contribution in [0.2, 0.25) is 0 Å². The minimum atomic E-state index is 0.293. The Morgan fingerprint density at radius 3 is 3.06 bits per heavy atom. The molecule has 0 aliphatic heterocycles. The Kier molecular flexibility index (Phi) is 3.82. The number of furan rings is 1. The molecule has 2 rings (SSSR count). The zero-order valence-corrected chi connectivity index (χ0v) is 10.7. The summed E-state index contributed by atoms with van der Waals surface area (Å²) in [6, 6.07) is 4.19. The number of hydrogen-bond donors (Lipinski definition) is 2. The second-order valence-electron chi connectivity index (χ2n) is 4.42. The van der Waals surface area contributed by atoms with Gasteiger partial charge in [0.2, 0.25) is 5.95 Å². The van der Waals surface area contributed by atoms with Gasteiger partial charge in [-0.05, 0) is 32.4 Å². The smallest absolute Gasteiger partial charge is 0.221 e. The van der Waals surface area contributed by atoms with Crippen molar-refractivity contribution in [3.8, 4) is 0 Å². The van der Waals surface area contributed by atoms with E-state index in [4.69, 9.17) is 10.2 Å². The number of nitrogens with zero attached hydrogens (tertiary/aromatic N) is 2. The molecule has 3 N–H and O–H groups in total. The Balaban J connectivity index is 1.90. The normalized spacial score (nSPS) is 12.3. The summed E-state index contributed by atoms with van der Waals surface area (Å²) in [7, 11) is 0. The van der Waals surface area contributed by atoms with E-state index < -0.39 is 0 Å². The van der Waals surface area contributed by atoms with Gasteiger partial charge in [-0.3, -0.25) is 0 Å². The molecule has 18 heavy (non-hydrogen) atoms. The molecule has 2 aromatic rings. The van der Waals surface area contributed by atoms with Gasteiger partial charge in [0.25, 0.3) is 0 Å². The quantitative estimate of drug-likeness (QED) is 0.847. The minimum absolute atomic E-state index is 0.293. The van der Waals surface area contributed by atoms with Crippen molar-refractivity contribution in [3.05, 3.63) is 35.9 Å². The van der Waals surface area contributed by atoms with Crippen LogP contribution in [0.15, 0.2) is 29.0 Å². The summed E-state index contributed by atoms with van der Waals surface area (Å²) in [5, 5.41) is 3.34. The molecule has 0 aliphatic carbocycles. The molecule has 2 heterocycles. The number of anilines is 2. The molecule has 0 fully saturated rings. The van der Waals surface area contributed by atoms with Gasteiger partial charge in [-0.2, -0.15) is 4.98 Å². The van der Waals surface area contributed by atoms with Crippen molar-refractivity contribution in [2.75, 3.05) is 11.1 Å². The average molecular weight is 246 g/mol. The third-order valence-electron chi connectivity index (χ3n) is 2.78. The molecule has 0 bridgehead atoms. The fourth-order valence-electron chi connectivity index (χ4n) is 1.72. The van der Waals surface area contributed by atoms with Crippen molar-refractivity contribution in [1.82, 2.24) is 9.97 Å². The van der Waals surface area contributed by atoms with E-state index in [0.717, 1.165) is 30.0 Å². The van der Waals surface area contributed by atoms with Gasteiger partial charge in [-0.1, -0.05) is 0 Å². The maximum Gasteiger partial charge on any atom is 0.221 e. The molecule has 0 saturated heterocycles. The molecular weight excluding hydrogens is 228 g/mol. The van der Waals surface area contributed by atoms with Crippen molar-refractivity contribution >= 4 is 11.8 Å². The second-order valence-corrected chi connectivity index (χ2v) is 4.42. The van der Waals surface area contributed by atoms with Crippen LogP contribution in [0.4, 0.5) is 11.8 Å². The summed E-state index contributed by atoms with van der Waals surface area (Å²) >= 11 is 0. The highest BCUT2D eigenvalue weighted by Crippen LogP contribution is 2.14. The maximum absolute atomic E-state index is 5.58. The number of nitrogens with one attached hydrogen (secondary N) is 1. The highest BCUT2D eigenvalue weighted by atomic mass is 16.3. The lowest BCUT2D eigenvalue weighted by Crippen LogP contribution is -2.18. The van der Waals surface area contributed by atoms with E-state index in [0.29, 0.717) is 12.0 Å². The van der Waals surface area contributed by atoms with Crippen LogP contribution in [-0.2, 0) is 6.42 Å². The van der Waals surface area contributed by atoms with E-state index in [9.17, 15) is 0 Å². The zero-order valence-electron chi connectivity index (χ0n) is 10.7. The lowest BCUT2D eigenvalue weighted by molar-refractivity contribution is 0.495. The van der Waals surface area contributed by atoms with E-state index in [1.165, 1.54) is 0 Å². The van der Waals surface area contributed by atoms with Crippen LogP contribution in [0.5, 0.6) is 0 Å². The molecule has 1 unspecified atom stereocenters. The minimum Gasteiger partial charge on any atom is -0.469 e. The molecule has 5 nitrogen and oxygen atoms in total. The lowest BCUT2D eigenvalue weighted by Gasteiger charge is -2.15. The Morgan fingerprint density at radius 2 is 2.33 bits per heavy atom. The molecular formula is C13H18N4O. The van der Waals surface area contributed by atoms with Gasteiger partial charge in [-0.15, -0.1) is 0 Å². The SMILES string of the molecule is Cc1cnc(N)nc1NC(C)CCc1ccco1. The molecule has 0 radical (unpaired) electrons. The molecule has 1 atom stereocenters. The van der Waals surface area contributed by atoms with Gasteiger partial charge in [0.1, 0.15) is 11.6 Å². The summed E-state index contributed by atoms with van der Waals surface area (Å²) in [6.07, 6.45) is 5.30. The lowest BCUT2D eigenvalue weighted by atomic mass is 10.1. The van der Waals surface area contributed by atoms with E-state index in [1.54, 1.807) is 12.5 Å². The van der Waals surface area contributed by atoms with Gasteiger partial charge < -0.3 is 15.5 Å². The van der Waals surface area contributed by atoms with E-state index in [2.05, 4.69) is 22.2 Å². The number of nitrogens with two attached hydrogens (primary N) is 1. The first-order valence-electron chi connectivity index (χ1n) is 6.03. The van der Waals surface area contributed by atoms with Crippen molar-refractivity contribution in [1.29, 1.82) is 0 Å². The summed E-state index contributed by atoms with van der Waals surface area (Å²) in [5.41, 5.74) is 6.57. The van der Waals surface area contributed by atoms with Gasteiger partial charge in [0.15, 0.2) is 0 Å². The molecule has 5 heteroatoms. The van der Waals surface area contributed by atoms with Crippen LogP contribution in [0.25, 0.3) is 0 Å². The molecule has 0 saturated carbocycles. The molecule has 0 aromatic carbocycles. The summed E-state index contributed by atoms with van der Waals surface area (Å²) in [5.74, 6) is 2.10. The predicted molar refractivity (Wildman–Crippen MR) is 71.3 cm³/mol. The number of aryl methyl sites for hydroxylation is 2. The molecule has 2 aromatic heterocycles. The molecule has 0 amide bonds. The summed E-state index contributed by atoms with van der Waals surface area (Å²) in [6.45, 7) is 4.07. The Hall–Kier alpha value is -2.04. The van der Waals surface area contributed by atoms with Crippen molar-refractivity contribution in [2.45, 2.75) is 32.7 Å². The third-order valence-corrected chi connectivity index (χ3v) is 2.78. The Bertz CT molecular complexity index is 496. The van der Waals surface area contributed by atoms with Crippen molar-refractivity contribution in [3.63, 3.8) is 0 Å². The number of aromatic nitrogens is 2. The first kappa shape index (κ1) is 12.4. The standard InChI is InChI=1S/C13H18N4O/c1-9-8-15-13(14)17-12(9)16-10(2)5-6-11-4-3-7-18-11/h3-4,7-8,10H,5-6H2,1-2H3,(H3,14,15,16,17). The third kappa shape index (κ3) is 3.23. The van der Waals surface area contributed by atoms with Crippen LogP contribution >= 0.6 is 0 Å². The summed E-state index contributed by atoms with van der Waals surface area (Å²) in [4.78, 5) is 8.13. The second kappa shape index (κ2) is 5.53. The van der Waals surface area contributed by atoms with Gasteiger partial charge >= 0.3 is 0 Å². The van der Waals surface area contributed by atoms with Crippen molar-refractivity contribution < 1.29 is 4.42 Å². The van der Waals surface area contributed by atoms with E-state index >= 15 is 0 Å². The van der Waals surface area contributed by atoms with Crippen LogP contribution in [-0.4, -0.2) is 16.0 Å². The number of hydrogen-bond acceptors (Lipinski definition) is 5. The Labute approximate surface area is 106 Å². The zero-order chi connectivity index (χ0) is 13.0. The number of nitrogen functional groups attached to an aromatic ring is 1. The van der Waals surface area contributed by atoms with Crippen LogP contribution in [0.1, 0.15) is 24.7 Å². The van der Waals surface area contributed by atoms with Crippen LogP contribution in [0.3, 0.4) is 0 Å². The largest absolute Gasteiger partial charge is 0.469 e. The fourth-order valence-corrected chi connectivity index (χ4v) is 1.72. The monoisotopic (exact) mass is 246 g/mol. The van der Waals surface area contributed by atoms with Gasteiger partial charge in [-0.25, -0.2) is 4.98 Å². The van der Waals surface area contributed by atoms with Gasteiger partial charge in [0, 0.05) is 24.2 Å². The summed E-state index contributed by atoms with van der Waals surface area (Å²) < 4.78 is 5.30. The van der Waals surface area contributed by atoms with Gasteiger partial charge in [0.05, 0.1) is 6.26 Å².